The Bertz CT molecular complexity index is 167. The number of hydrogen-bond donors (Lipinski definition) is 1. The quantitative estimate of drug-likeness (QED) is 0.627. The number of carbonyl (C=O) groups is 1. The summed E-state index contributed by atoms with van der Waals surface area (Å²) in [6.07, 6.45) is 0.339. The van der Waals surface area contributed by atoms with Crippen molar-refractivity contribution in [3.05, 3.63) is 0 Å². The molecule has 4 heteroatoms. The number of hydrogen-bond acceptors (Lipinski definition) is 3. The zero-order chi connectivity index (χ0) is 11.7. The molecule has 0 aromatic carbocycles. The molecule has 0 rings (SSSR count). The smallest absolute Gasteiger partial charge is 0.223 e. The van der Waals surface area contributed by atoms with Gasteiger partial charge in [-0.3, -0.25) is 4.79 Å². The number of amides is 1. The highest BCUT2D eigenvalue weighted by atomic mass is 16.7. The molecule has 0 radical (unpaired) electrons. The van der Waals surface area contributed by atoms with Gasteiger partial charge < -0.3 is 14.8 Å². The van der Waals surface area contributed by atoms with E-state index in [1.54, 1.807) is 0 Å². The summed E-state index contributed by atoms with van der Waals surface area (Å²) in [5.41, 5.74) is 0. The van der Waals surface area contributed by atoms with Gasteiger partial charge in [-0.15, -0.1) is 0 Å². The van der Waals surface area contributed by atoms with E-state index >= 15 is 0 Å². The summed E-state index contributed by atoms with van der Waals surface area (Å²) >= 11 is 0. The van der Waals surface area contributed by atoms with Crippen molar-refractivity contribution >= 4 is 5.91 Å². The van der Waals surface area contributed by atoms with Crippen LogP contribution in [0.2, 0.25) is 0 Å². The molecule has 0 aromatic heterocycles. The molecule has 1 atom stereocenters. The molecule has 1 amide bonds. The van der Waals surface area contributed by atoms with Gasteiger partial charge in [-0.05, 0) is 20.8 Å². The number of nitrogens with one attached hydrogen (secondary N) is 1. The largest absolute Gasteiger partial charge is 0.356 e. The second-order valence-electron chi connectivity index (χ2n) is 3.37. The first-order valence-corrected chi connectivity index (χ1v) is 5.66. The highest BCUT2D eigenvalue weighted by Gasteiger charge is 2.18. The first kappa shape index (κ1) is 14.4. The third-order valence-corrected chi connectivity index (χ3v) is 2.05. The van der Waals surface area contributed by atoms with Crippen LogP contribution in [0.1, 0.15) is 34.1 Å². The van der Waals surface area contributed by atoms with Gasteiger partial charge in [0.1, 0.15) is 0 Å². The monoisotopic (exact) mass is 217 g/mol. The Morgan fingerprint density at radius 1 is 1.20 bits per heavy atom. The highest BCUT2D eigenvalue weighted by molar-refractivity contribution is 5.78. The molecule has 1 unspecified atom stereocenters. The molecule has 0 saturated carbocycles. The van der Waals surface area contributed by atoms with Crippen molar-refractivity contribution in [3.8, 4) is 0 Å². The Hall–Kier alpha value is -0.610. The van der Waals surface area contributed by atoms with E-state index in [0.717, 1.165) is 0 Å². The van der Waals surface area contributed by atoms with Crippen LogP contribution in [0, 0.1) is 5.92 Å². The number of carbonyl (C=O) groups excluding carboxylic acids is 1. The second-order valence-corrected chi connectivity index (χ2v) is 3.37. The minimum absolute atomic E-state index is 0.0573. The maximum atomic E-state index is 11.5. The van der Waals surface area contributed by atoms with E-state index in [1.807, 2.05) is 27.7 Å². The normalized spacial score (nSPS) is 12.9. The van der Waals surface area contributed by atoms with Gasteiger partial charge in [-0.1, -0.05) is 6.92 Å². The van der Waals surface area contributed by atoms with E-state index in [2.05, 4.69) is 5.32 Å². The molecule has 0 fully saturated rings. The maximum Gasteiger partial charge on any atom is 0.223 e. The van der Waals surface area contributed by atoms with Crippen molar-refractivity contribution in [2.24, 2.45) is 5.92 Å². The lowest BCUT2D eigenvalue weighted by Gasteiger charge is -2.20. The third-order valence-electron chi connectivity index (χ3n) is 2.05. The molecule has 0 aliphatic rings. The van der Waals surface area contributed by atoms with Gasteiger partial charge in [0.15, 0.2) is 6.29 Å². The molecule has 0 aliphatic carbocycles. The van der Waals surface area contributed by atoms with Gasteiger partial charge in [-0.2, -0.15) is 0 Å². The van der Waals surface area contributed by atoms with Gasteiger partial charge >= 0.3 is 0 Å². The zero-order valence-electron chi connectivity index (χ0n) is 10.2. The van der Waals surface area contributed by atoms with Gasteiger partial charge in [-0.25, -0.2) is 0 Å². The van der Waals surface area contributed by atoms with Crippen LogP contribution in [0.5, 0.6) is 0 Å². The van der Waals surface area contributed by atoms with Crippen LogP contribution in [0.15, 0.2) is 0 Å². The molecule has 4 nitrogen and oxygen atoms in total. The summed E-state index contributed by atoms with van der Waals surface area (Å²) in [6, 6.07) is 0. The molecule has 0 heterocycles. The van der Waals surface area contributed by atoms with E-state index in [9.17, 15) is 4.79 Å². The molecule has 0 bridgehead atoms. The summed E-state index contributed by atoms with van der Waals surface area (Å²) in [6.45, 7) is 9.51. The van der Waals surface area contributed by atoms with E-state index in [1.165, 1.54) is 0 Å². The molecule has 0 saturated heterocycles. The summed E-state index contributed by atoms with van der Waals surface area (Å²) < 4.78 is 10.8. The van der Waals surface area contributed by atoms with Crippen LogP contribution >= 0.6 is 0 Å². The highest BCUT2D eigenvalue weighted by Crippen LogP contribution is 2.10. The lowest BCUT2D eigenvalue weighted by atomic mass is 10.1. The van der Waals surface area contributed by atoms with E-state index in [-0.39, 0.29) is 18.1 Å². The molecular formula is C11H23NO3. The summed E-state index contributed by atoms with van der Waals surface area (Å²) in [5, 5.41) is 2.78. The summed E-state index contributed by atoms with van der Waals surface area (Å²) in [5.74, 6) is -0.0186. The van der Waals surface area contributed by atoms with Crippen molar-refractivity contribution in [1.29, 1.82) is 0 Å². The lowest BCUT2D eigenvalue weighted by Crippen LogP contribution is -2.32. The Labute approximate surface area is 92.3 Å². The maximum absolute atomic E-state index is 11.5. The topological polar surface area (TPSA) is 47.6 Å². The fraction of sp³-hybridized carbons (Fsp3) is 0.909. The Morgan fingerprint density at radius 2 is 1.73 bits per heavy atom. The van der Waals surface area contributed by atoms with Gasteiger partial charge in [0.25, 0.3) is 0 Å². The molecule has 90 valence electrons. The first-order valence-electron chi connectivity index (χ1n) is 5.66. The third kappa shape index (κ3) is 6.47. The molecule has 0 aromatic rings. The standard InChI is InChI=1S/C11H23NO3/c1-5-12-11(13)9(4)8-10(14-6-2)15-7-3/h9-10H,5-8H2,1-4H3,(H,12,13). The summed E-state index contributed by atoms with van der Waals surface area (Å²) in [7, 11) is 0. The van der Waals surface area contributed by atoms with Gasteiger partial charge in [0, 0.05) is 32.1 Å². The Balaban J connectivity index is 3.96. The summed E-state index contributed by atoms with van der Waals surface area (Å²) in [4.78, 5) is 11.5. The second kappa shape index (κ2) is 8.68. The Morgan fingerprint density at radius 3 is 2.13 bits per heavy atom. The van der Waals surface area contributed by atoms with Crippen molar-refractivity contribution in [1.82, 2.24) is 5.32 Å². The van der Waals surface area contributed by atoms with Crippen molar-refractivity contribution in [2.45, 2.75) is 40.4 Å². The zero-order valence-corrected chi connectivity index (χ0v) is 10.2. The van der Waals surface area contributed by atoms with Crippen LogP contribution in [0.3, 0.4) is 0 Å². The number of rotatable bonds is 8. The van der Waals surface area contributed by atoms with E-state index in [0.29, 0.717) is 26.2 Å². The van der Waals surface area contributed by atoms with E-state index in [4.69, 9.17) is 9.47 Å². The van der Waals surface area contributed by atoms with Crippen LogP contribution in [0.4, 0.5) is 0 Å². The minimum Gasteiger partial charge on any atom is -0.356 e. The van der Waals surface area contributed by atoms with Crippen LogP contribution in [-0.4, -0.2) is 32.0 Å². The van der Waals surface area contributed by atoms with Crippen molar-refractivity contribution in [2.75, 3.05) is 19.8 Å². The van der Waals surface area contributed by atoms with Crippen molar-refractivity contribution < 1.29 is 14.3 Å². The molecule has 1 N–H and O–H groups in total. The van der Waals surface area contributed by atoms with E-state index < -0.39 is 0 Å². The number of ether oxygens (including phenoxy) is 2. The van der Waals surface area contributed by atoms with Crippen LogP contribution in [0.25, 0.3) is 0 Å². The van der Waals surface area contributed by atoms with Gasteiger partial charge in [0.05, 0.1) is 0 Å². The molecular weight excluding hydrogens is 194 g/mol. The lowest BCUT2D eigenvalue weighted by molar-refractivity contribution is -0.152. The van der Waals surface area contributed by atoms with Crippen LogP contribution < -0.4 is 5.32 Å². The Kier molecular flexibility index (Phi) is 8.33. The average molecular weight is 217 g/mol. The predicted octanol–water partition coefficient (Wildman–Crippen LogP) is 1.55. The fourth-order valence-electron chi connectivity index (χ4n) is 1.30. The fourth-order valence-corrected chi connectivity index (χ4v) is 1.30. The molecule has 15 heavy (non-hydrogen) atoms. The average Bonchev–Trinajstić information content (AvgIpc) is 2.18. The first-order chi connectivity index (χ1) is 7.15. The van der Waals surface area contributed by atoms with Crippen molar-refractivity contribution in [3.63, 3.8) is 0 Å². The van der Waals surface area contributed by atoms with Crippen LogP contribution in [-0.2, 0) is 14.3 Å². The predicted molar refractivity (Wildman–Crippen MR) is 59.5 cm³/mol. The SMILES string of the molecule is CCNC(=O)C(C)CC(OCC)OCC. The minimum atomic E-state index is -0.266. The van der Waals surface area contributed by atoms with Gasteiger partial charge in [0.2, 0.25) is 5.91 Å². The molecule has 0 spiro atoms. The molecule has 0 aliphatic heterocycles.